The molecular formula is C20H12BrFN2O2S. The number of nitriles is 1. The number of carbonyl (C=O) groups excluding carboxylic acids is 1. The van der Waals surface area contributed by atoms with Crippen molar-refractivity contribution < 1.29 is 13.6 Å². The van der Waals surface area contributed by atoms with Gasteiger partial charge in [0, 0.05) is 16.7 Å². The summed E-state index contributed by atoms with van der Waals surface area (Å²) in [6.45, 7) is 0. The smallest absolute Gasteiger partial charge is 0.266 e. The minimum Gasteiger partial charge on any atom is -0.449 e. The summed E-state index contributed by atoms with van der Waals surface area (Å²) in [7, 11) is 0. The molecule has 7 heteroatoms. The van der Waals surface area contributed by atoms with Crippen LogP contribution in [0.2, 0.25) is 0 Å². The number of hydrogen-bond acceptors (Lipinski definition) is 4. The first kappa shape index (κ1) is 19.0. The van der Waals surface area contributed by atoms with E-state index in [1.54, 1.807) is 6.07 Å². The van der Waals surface area contributed by atoms with Crippen molar-refractivity contribution in [1.29, 1.82) is 5.26 Å². The van der Waals surface area contributed by atoms with Gasteiger partial charge in [0.05, 0.1) is 4.47 Å². The van der Waals surface area contributed by atoms with Crippen LogP contribution in [0.15, 0.2) is 85.1 Å². The monoisotopic (exact) mass is 442 g/mol. The Morgan fingerprint density at radius 1 is 1.19 bits per heavy atom. The zero-order valence-electron chi connectivity index (χ0n) is 13.8. The summed E-state index contributed by atoms with van der Waals surface area (Å²) in [6.07, 6.45) is 1.36. The van der Waals surface area contributed by atoms with Crippen LogP contribution in [0.3, 0.4) is 0 Å². The molecule has 2 aromatic carbocycles. The fourth-order valence-corrected chi connectivity index (χ4v) is 3.48. The van der Waals surface area contributed by atoms with Gasteiger partial charge in [-0.1, -0.05) is 30.0 Å². The van der Waals surface area contributed by atoms with E-state index < -0.39 is 11.7 Å². The number of hydrogen-bond donors (Lipinski definition) is 1. The van der Waals surface area contributed by atoms with E-state index in [1.807, 2.05) is 36.4 Å². The van der Waals surface area contributed by atoms with Crippen molar-refractivity contribution in [2.24, 2.45) is 0 Å². The van der Waals surface area contributed by atoms with Gasteiger partial charge in [0.15, 0.2) is 5.09 Å². The van der Waals surface area contributed by atoms with Crippen LogP contribution in [0.1, 0.15) is 5.76 Å². The predicted molar refractivity (Wildman–Crippen MR) is 106 cm³/mol. The van der Waals surface area contributed by atoms with Crippen LogP contribution in [-0.2, 0) is 4.79 Å². The minimum absolute atomic E-state index is 0.128. The van der Waals surface area contributed by atoms with Crippen LogP contribution in [0, 0.1) is 17.1 Å². The molecule has 1 N–H and O–H groups in total. The van der Waals surface area contributed by atoms with Gasteiger partial charge in [0.2, 0.25) is 0 Å². The van der Waals surface area contributed by atoms with Gasteiger partial charge in [-0.3, -0.25) is 4.79 Å². The van der Waals surface area contributed by atoms with Gasteiger partial charge < -0.3 is 9.73 Å². The molecule has 4 nitrogen and oxygen atoms in total. The van der Waals surface area contributed by atoms with Crippen molar-refractivity contribution in [3.8, 4) is 6.07 Å². The maximum absolute atomic E-state index is 12.9. The minimum atomic E-state index is -0.603. The highest BCUT2D eigenvalue weighted by Gasteiger charge is 2.14. The standard InChI is InChI=1S/C20H12BrFN2O2S/c21-18-11-16(26-20(18)27-17-4-2-1-3-5-17)10-13(12-23)19(25)24-15-8-6-14(22)7-9-15/h1-11H,(H,24,25)/b13-10-. The molecule has 3 aromatic rings. The molecule has 27 heavy (non-hydrogen) atoms. The van der Waals surface area contributed by atoms with E-state index in [9.17, 15) is 14.4 Å². The third-order valence-corrected chi connectivity index (χ3v) is 5.23. The Kier molecular flexibility index (Phi) is 6.12. The number of benzene rings is 2. The molecule has 0 bridgehead atoms. The SMILES string of the molecule is N#C/C(=C/c1cc(Br)c(Sc2ccccc2)o1)C(=O)Nc1ccc(F)cc1. The Morgan fingerprint density at radius 2 is 1.89 bits per heavy atom. The van der Waals surface area contributed by atoms with Crippen LogP contribution in [-0.4, -0.2) is 5.91 Å². The molecule has 3 rings (SSSR count). The van der Waals surface area contributed by atoms with Crippen LogP contribution < -0.4 is 5.32 Å². The molecule has 0 aliphatic carbocycles. The summed E-state index contributed by atoms with van der Waals surface area (Å²) >= 11 is 4.84. The first-order valence-electron chi connectivity index (χ1n) is 7.76. The van der Waals surface area contributed by atoms with E-state index in [-0.39, 0.29) is 5.57 Å². The number of halogens is 2. The van der Waals surface area contributed by atoms with E-state index in [0.717, 1.165) is 9.37 Å². The summed E-state index contributed by atoms with van der Waals surface area (Å²) in [4.78, 5) is 13.3. The Labute approximate surface area is 167 Å². The molecule has 0 aliphatic rings. The lowest BCUT2D eigenvalue weighted by molar-refractivity contribution is -0.112. The molecule has 0 unspecified atom stereocenters. The number of carbonyl (C=O) groups is 1. The Balaban J connectivity index is 1.77. The van der Waals surface area contributed by atoms with E-state index in [1.165, 1.54) is 42.1 Å². The molecular weight excluding hydrogens is 431 g/mol. The highest BCUT2D eigenvalue weighted by molar-refractivity contribution is 9.10. The van der Waals surface area contributed by atoms with Crippen molar-refractivity contribution in [2.45, 2.75) is 9.99 Å². The molecule has 0 spiro atoms. The molecule has 1 heterocycles. The number of rotatable bonds is 5. The maximum Gasteiger partial charge on any atom is 0.266 e. The molecule has 0 saturated heterocycles. The molecule has 0 radical (unpaired) electrons. The predicted octanol–water partition coefficient (Wildman–Crippen LogP) is 5.88. The maximum atomic E-state index is 12.9. The summed E-state index contributed by atoms with van der Waals surface area (Å²) in [5.74, 6) is -0.645. The Bertz CT molecular complexity index is 1020. The van der Waals surface area contributed by atoms with Gasteiger partial charge in [0.25, 0.3) is 5.91 Å². The lowest BCUT2D eigenvalue weighted by Gasteiger charge is -2.03. The van der Waals surface area contributed by atoms with Crippen molar-refractivity contribution >= 4 is 45.4 Å². The average molecular weight is 443 g/mol. The number of nitrogens with zero attached hydrogens (tertiary/aromatic N) is 1. The zero-order valence-corrected chi connectivity index (χ0v) is 16.2. The van der Waals surface area contributed by atoms with E-state index in [2.05, 4.69) is 21.2 Å². The molecule has 0 aliphatic heterocycles. The van der Waals surface area contributed by atoms with Crippen molar-refractivity contribution in [2.75, 3.05) is 5.32 Å². The lowest BCUT2D eigenvalue weighted by Crippen LogP contribution is -2.13. The fraction of sp³-hybridized carbons (Fsp3) is 0. The second kappa shape index (κ2) is 8.71. The van der Waals surface area contributed by atoms with E-state index in [0.29, 0.717) is 16.5 Å². The van der Waals surface area contributed by atoms with Gasteiger partial charge in [0.1, 0.15) is 23.2 Å². The number of nitrogens with one attached hydrogen (secondary N) is 1. The molecule has 0 saturated carbocycles. The molecule has 1 amide bonds. The van der Waals surface area contributed by atoms with Gasteiger partial charge in [-0.05, 0) is 58.4 Å². The zero-order chi connectivity index (χ0) is 19.2. The average Bonchev–Trinajstić information content (AvgIpc) is 3.01. The summed E-state index contributed by atoms with van der Waals surface area (Å²) in [5.41, 5.74) is 0.264. The van der Waals surface area contributed by atoms with Gasteiger partial charge in [-0.25, -0.2) is 4.39 Å². The molecule has 0 atom stereocenters. The topological polar surface area (TPSA) is 66.0 Å². The third-order valence-electron chi connectivity index (χ3n) is 3.38. The highest BCUT2D eigenvalue weighted by Crippen LogP contribution is 2.36. The Hall–Kier alpha value is -2.82. The lowest BCUT2D eigenvalue weighted by atomic mass is 10.2. The first-order valence-corrected chi connectivity index (χ1v) is 9.37. The number of anilines is 1. The van der Waals surface area contributed by atoms with Crippen molar-refractivity contribution in [3.63, 3.8) is 0 Å². The second-order valence-corrected chi connectivity index (χ2v) is 7.23. The van der Waals surface area contributed by atoms with Crippen molar-refractivity contribution in [1.82, 2.24) is 0 Å². The second-order valence-electron chi connectivity index (χ2n) is 5.33. The van der Waals surface area contributed by atoms with Crippen molar-refractivity contribution in [3.05, 3.63) is 82.3 Å². The summed E-state index contributed by atoms with van der Waals surface area (Å²) in [6, 6.07) is 18.5. The molecule has 0 fully saturated rings. The Morgan fingerprint density at radius 3 is 2.56 bits per heavy atom. The fourth-order valence-electron chi connectivity index (χ4n) is 2.13. The van der Waals surface area contributed by atoms with Crippen LogP contribution in [0.25, 0.3) is 6.08 Å². The van der Waals surface area contributed by atoms with E-state index in [4.69, 9.17) is 4.42 Å². The largest absolute Gasteiger partial charge is 0.449 e. The normalized spacial score (nSPS) is 11.1. The van der Waals surface area contributed by atoms with Crippen LogP contribution in [0.4, 0.5) is 10.1 Å². The first-order chi connectivity index (χ1) is 13.0. The number of furan rings is 1. The van der Waals surface area contributed by atoms with Gasteiger partial charge in [-0.2, -0.15) is 5.26 Å². The molecule has 1 aromatic heterocycles. The van der Waals surface area contributed by atoms with Gasteiger partial charge >= 0.3 is 0 Å². The quantitative estimate of drug-likeness (QED) is 0.395. The summed E-state index contributed by atoms with van der Waals surface area (Å²) < 4.78 is 19.4. The van der Waals surface area contributed by atoms with Gasteiger partial charge in [-0.15, -0.1) is 0 Å². The molecule has 134 valence electrons. The van der Waals surface area contributed by atoms with Crippen LogP contribution >= 0.6 is 27.7 Å². The summed E-state index contributed by atoms with van der Waals surface area (Å²) in [5, 5.41) is 12.5. The third kappa shape index (κ3) is 5.09. The highest BCUT2D eigenvalue weighted by atomic mass is 79.9. The van der Waals surface area contributed by atoms with E-state index >= 15 is 0 Å². The number of amides is 1. The van der Waals surface area contributed by atoms with Crippen LogP contribution in [0.5, 0.6) is 0 Å².